The second-order valence-corrected chi connectivity index (χ2v) is 9.82. The third-order valence-electron chi connectivity index (χ3n) is 6.13. The monoisotopic (exact) mass is 319 g/mol. The fourth-order valence-electron chi connectivity index (χ4n) is 5.19. The zero-order chi connectivity index (χ0) is 15.1. The molecule has 3 heteroatoms. The van der Waals surface area contributed by atoms with E-state index in [1.54, 1.807) is 12.1 Å². The number of hydrogen-bond donors (Lipinski definition) is 2. The van der Waals surface area contributed by atoms with Gasteiger partial charge in [-0.1, -0.05) is 12.8 Å². The zero-order valence-electron chi connectivity index (χ0n) is 13.2. The molecule has 2 aliphatic carbocycles. The molecule has 0 aromatic heterocycles. The van der Waals surface area contributed by atoms with E-state index in [1.165, 1.54) is 57.8 Å². The van der Waals surface area contributed by atoms with Gasteiger partial charge in [0.2, 0.25) is 4.90 Å². The van der Waals surface area contributed by atoms with Gasteiger partial charge in [0.1, 0.15) is 16.2 Å². The largest absolute Gasteiger partial charge is 0.508 e. The molecule has 4 atom stereocenters. The minimum absolute atomic E-state index is 0.127. The third-order valence-corrected chi connectivity index (χ3v) is 9.51. The van der Waals surface area contributed by atoms with Gasteiger partial charge in [0.15, 0.2) is 5.75 Å². The molecule has 3 aliphatic rings. The summed E-state index contributed by atoms with van der Waals surface area (Å²) in [5, 5.41) is 21.9. The molecule has 1 aromatic rings. The molecule has 22 heavy (non-hydrogen) atoms. The van der Waals surface area contributed by atoms with Gasteiger partial charge in [-0.2, -0.15) is 0 Å². The summed E-state index contributed by atoms with van der Waals surface area (Å²) < 4.78 is 0. The van der Waals surface area contributed by atoms with Crippen molar-refractivity contribution in [3.8, 4) is 11.5 Å². The molecule has 120 valence electrons. The highest BCUT2D eigenvalue weighted by atomic mass is 32.2. The quantitative estimate of drug-likeness (QED) is 0.587. The minimum Gasteiger partial charge on any atom is -0.508 e. The van der Waals surface area contributed by atoms with Crippen LogP contribution in [-0.2, 0) is 10.9 Å². The van der Waals surface area contributed by atoms with Crippen LogP contribution in [0.4, 0.5) is 0 Å². The second-order valence-electron chi connectivity index (χ2n) is 7.43. The van der Waals surface area contributed by atoms with E-state index in [4.69, 9.17) is 0 Å². The van der Waals surface area contributed by atoms with Crippen LogP contribution in [0.5, 0.6) is 11.5 Å². The second kappa shape index (κ2) is 5.99. The predicted octanol–water partition coefficient (Wildman–Crippen LogP) is 4.60. The van der Waals surface area contributed by atoms with Crippen LogP contribution in [0, 0.1) is 11.8 Å². The Morgan fingerprint density at radius 1 is 0.818 bits per heavy atom. The van der Waals surface area contributed by atoms with Crippen molar-refractivity contribution in [3.05, 3.63) is 18.2 Å². The molecule has 0 radical (unpaired) electrons. The van der Waals surface area contributed by atoms with Gasteiger partial charge in [0, 0.05) is 28.8 Å². The normalized spacial score (nSPS) is 38.1. The molecule has 2 N–H and O–H groups in total. The lowest BCUT2D eigenvalue weighted by Gasteiger charge is -2.44. The van der Waals surface area contributed by atoms with Crippen LogP contribution < -0.4 is 0 Å². The third kappa shape index (κ3) is 2.51. The predicted molar refractivity (Wildman–Crippen MR) is 91.5 cm³/mol. The van der Waals surface area contributed by atoms with Crippen LogP contribution in [0.15, 0.2) is 23.1 Å². The Morgan fingerprint density at radius 3 is 2.05 bits per heavy atom. The van der Waals surface area contributed by atoms with Crippen LogP contribution >= 0.6 is 0 Å². The van der Waals surface area contributed by atoms with E-state index in [9.17, 15) is 10.2 Å². The molecule has 2 nitrogen and oxygen atoms in total. The zero-order valence-corrected chi connectivity index (χ0v) is 14.0. The summed E-state index contributed by atoms with van der Waals surface area (Å²) in [7, 11) is 0.127. The average Bonchev–Trinajstić information content (AvgIpc) is 2.55. The van der Waals surface area contributed by atoms with Crippen LogP contribution in [0.25, 0.3) is 0 Å². The average molecular weight is 319 g/mol. The van der Waals surface area contributed by atoms with E-state index in [-0.39, 0.29) is 10.9 Å². The van der Waals surface area contributed by atoms with Crippen molar-refractivity contribution in [1.29, 1.82) is 0 Å². The van der Waals surface area contributed by atoms with Crippen molar-refractivity contribution in [2.24, 2.45) is 11.8 Å². The maximum atomic E-state index is 10.5. The summed E-state index contributed by atoms with van der Waals surface area (Å²) >= 11 is 0. The standard InChI is InChI=1S/C19H26O2S/c20-15-9-10-16(21)19(12-15)22-17-7-3-1-5-13(17)11-14-6-2-4-8-18(14)22/h9-10,12-14,17-18H,1-8,11H2,(H-,20,21)/p+1. The smallest absolute Gasteiger partial charge is 0.200 e. The van der Waals surface area contributed by atoms with E-state index >= 15 is 0 Å². The van der Waals surface area contributed by atoms with Crippen molar-refractivity contribution in [2.75, 3.05) is 0 Å². The highest BCUT2D eigenvalue weighted by Crippen LogP contribution is 2.52. The lowest BCUT2D eigenvalue weighted by atomic mass is 9.76. The molecule has 3 fully saturated rings. The number of hydrogen-bond acceptors (Lipinski definition) is 2. The van der Waals surface area contributed by atoms with Crippen molar-refractivity contribution in [2.45, 2.75) is 73.2 Å². The maximum absolute atomic E-state index is 10.5. The van der Waals surface area contributed by atoms with Gasteiger partial charge < -0.3 is 10.2 Å². The molecule has 0 spiro atoms. The summed E-state index contributed by atoms with van der Waals surface area (Å²) in [6, 6.07) is 5.17. The first kappa shape index (κ1) is 14.7. The molecular formula is C19H27O2S+. The Labute approximate surface area is 136 Å². The van der Waals surface area contributed by atoms with Gasteiger partial charge in [0.05, 0.1) is 0 Å². The lowest BCUT2D eigenvalue weighted by Crippen LogP contribution is -2.49. The molecular weight excluding hydrogens is 292 g/mol. The number of aromatic hydroxyl groups is 2. The van der Waals surface area contributed by atoms with Gasteiger partial charge in [-0.25, -0.2) is 0 Å². The number of benzene rings is 1. The first-order valence-corrected chi connectivity index (χ1v) is 10.3. The maximum Gasteiger partial charge on any atom is 0.200 e. The molecule has 4 rings (SSSR count). The number of rotatable bonds is 1. The Morgan fingerprint density at radius 2 is 1.41 bits per heavy atom. The highest BCUT2D eigenvalue weighted by Gasteiger charge is 2.54. The first-order chi connectivity index (χ1) is 10.7. The van der Waals surface area contributed by atoms with Crippen molar-refractivity contribution in [3.63, 3.8) is 0 Å². The highest BCUT2D eigenvalue weighted by molar-refractivity contribution is 7.98. The molecule has 1 aromatic carbocycles. The fraction of sp³-hybridized carbons (Fsp3) is 0.684. The topological polar surface area (TPSA) is 40.5 Å². The van der Waals surface area contributed by atoms with E-state index < -0.39 is 0 Å². The summed E-state index contributed by atoms with van der Waals surface area (Å²) in [5.41, 5.74) is 0. The summed E-state index contributed by atoms with van der Waals surface area (Å²) in [5.74, 6) is 2.44. The molecule has 1 aliphatic heterocycles. The van der Waals surface area contributed by atoms with E-state index in [1.807, 2.05) is 6.07 Å². The van der Waals surface area contributed by atoms with Crippen LogP contribution in [0.3, 0.4) is 0 Å². The van der Waals surface area contributed by atoms with Crippen LogP contribution in [0.1, 0.15) is 57.8 Å². The van der Waals surface area contributed by atoms with Gasteiger partial charge in [-0.15, -0.1) is 0 Å². The Bertz CT molecular complexity index is 522. The van der Waals surface area contributed by atoms with Gasteiger partial charge in [-0.3, -0.25) is 0 Å². The lowest BCUT2D eigenvalue weighted by molar-refractivity contribution is 0.233. The van der Waals surface area contributed by atoms with Gasteiger partial charge >= 0.3 is 0 Å². The van der Waals surface area contributed by atoms with E-state index in [0.717, 1.165) is 27.2 Å². The van der Waals surface area contributed by atoms with E-state index in [0.29, 0.717) is 11.5 Å². The molecule has 0 bridgehead atoms. The number of fused-ring (bicyclic) bond motifs is 2. The van der Waals surface area contributed by atoms with Crippen molar-refractivity contribution >= 4 is 10.9 Å². The molecule has 2 saturated carbocycles. The first-order valence-electron chi connectivity index (χ1n) is 8.98. The number of phenols is 2. The molecule has 4 unspecified atom stereocenters. The van der Waals surface area contributed by atoms with E-state index in [2.05, 4.69) is 0 Å². The SMILES string of the molecule is Oc1ccc(O)c([S+]2C3CCCCC3CC3CCCCC32)c1. The minimum atomic E-state index is 0.127. The molecule has 1 saturated heterocycles. The van der Waals surface area contributed by atoms with Crippen LogP contribution in [0.2, 0.25) is 0 Å². The summed E-state index contributed by atoms with van der Waals surface area (Å²) in [4.78, 5) is 1.06. The van der Waals surface area contributed by atoms with Gasteiger partial charge in [-0.05, 0) is 57.1 Å². The Hall–Kier alpha value is -0.830. The number of phenolic OH excluding ortho intramolecular Hbond substituents is 2. The van der Waals surface area contributed by atoms with Gasteiger partial charge in [0.25, 0.3) is 0 Å². The summed E-state index contributed by atoms with van der Waals surface area (Å²) in [6.45, 7) is 0. The molecule has 1 heterocycles. The Kier molecular flexibility index (Phi) is 4.02. The van der Waals surface area contributed by atoms with Crippen LogP contribution in [-0.4, -0.2) is 20.7 Å². The van der Waals surface area contributed by atoms with Crippen molar-refractivity contribution < 1.29 is 10.2 Å². The Balaban J connectivity index is 1.75. The summed E-state index contributed by atoms with van der Waals surface area (Å²) in [6.07, 6.45) is 12.3. The molecule has 0 amide bonds. The fourth-order valence-corrected chi connectivity index (χ4v) is 9.02. The van der Waals surface area contributed by atoms with Crippen molar-refractivity contribution in [1.82, 2.24) is 0 Å².